The highest BCUT2D eigenvalue weighted by molar-refractivity contribution is 5.97. The van der Waals surface area contributed by atoms with E-state index in [4.69, 9.17) is 9.47 Å². The van der Waals surface area contributed by atoms with E-state index in [0.717, 1.165) is 0 Å². The van der Waals surface area contributed by atoms with Gasteiger partial charge in [-0.25, -0.2) is 4.39 Å². The summed E-state index contributed by atoms with van der Waals surface area (Å²) in [5.74, 6) is -0.958. The molecule has 0 aliphatic carbocycles. The Labute approximate surface area is 123 Å². The van der Waals surface area contributed by atoms with Gasteiger partial charge in [0.2, 0.25) is 0 Å². The fourth-order valence-electron chi connectivity index (χ4n) is 2.50. The number of hydrogen-bond acceptors (Lipinski definition) is 4. The molecule has 0 radical (unpaired) electrons. The van der Waals surface area contributed by atoms with Gasteiger partial charge in [0.15, 0.2) is 0 Å². The number of hydrogen-bond donors (Lipinski definition) is 1. The van der Waals surface area contributed by atoms with Gasteiger partial charge in [0.1, 0.15) is 17.1 Å². The lowest BCUT2D eigenvalue weighted by Gasteiger charge is -2.35. The summed E-state index contributed by atoms with van der Waals surface area (Å²) in [7, 11) is 2.93. The van der Waals surface area contributed by atoms with E-state index >= 15 is 0 Å². The molecule has 0 aromatic heterocycles. The van der Waals surface area contributed by atoms with Crippen LogP contribution in [0.5, 0.6) is 5.75 Å². The Hall–Kier alpha value is -1.66. The van der Waals surface area contributed by atoms with Crippen molar-refractivity contribution >= 4 is 5.91 Å². The fraction of sp³-hybridized carbons (Fsp3) is 0.533. The number of rotatable bonds is 4. The summed E-state index contributed by atoms with van der Waals surface area (Å²) < 4.78 is 24.2. The Balaban J connectivity index is 2.16. The number of halogens is 1. The van der Waals surface area contributed by atoms with Gasteiger partial charge in [0.05, 0.1) is 12.7 Å². The molecule has 0 saturated carbocycles. The van der Waals surface area contributed by atoms with E-state index in [-0.39, 0.29) is 17.9 Å². The molecule has 1 aromatic carbocycles. The van der Waals surface area contributed by atoms with Crippen molar-refractivity contribution in [1.29, 1.82) is 0 Å². The van der Waals surface area contributed by atoms with Crippen LogP contribution in [-0.2, 0) is 4.74 Å². The summed E-state index contributed by atoms with van der Waals surface area (Å²) in [5, 5.41) is 10.4. The quantitative estimate of drug-likeness (QED) is 0.914. The van der Waals surface area contributed by atoms with Crippen molar-refractivity contribution in [2.45, 2.75) is 18.4 Å². The number of methoxy groups -OCH3 is 1. The highest BCUT2D eigenvalue weighted by atomic mass is 19.1. The number of ether oxygens (including phenoxy) is 2. The van der Waals surface area contributed by atoms with E-state index in [2.05, 4.69) is 0 Å². The lowest BCUT2D eigenvalue weighted by molar-refractivity contribution is -0.0734. The Morgan fingerprint density at radius 2 is 2.14 bits per heavy atom. The van der Waals surface area contributed by atoms with Gasteiger partial charge in [0.25, 0.3) is 5.91 Å². The molecule has 1 fully saturated rings. The van der Waals surface area contributed by atoms with E-state index in [0.29, 0.717) is 26.1 Å². The topological polar surface area (TPSA) is 59.0 Å². The minimum Gasteiger partial charge on any atom is -0.496 e. The zero-order valence-electron chi connectivity index (χ0n) is 12.3. The molecular weight excluding hydrogens is 277 g/mol. The van der Waals surface area contributed by atoms with Crippen molar-refractivity contribution in [3.63, 3.8) is 0 Å². The first-order chi connectivity index (χ1) is 9.97. The van der Waals surface area contributed by atoms with Gasteiger partial charge in [-0.3, -0.25) is 4.79 Å². The largest absolute Gasteiger partial charge is 0.496 e. The average molecular weight is 297 g/mol. The van der Waals surface area contributed by atoms with Crippen LogP contribution in [0.1, 0.15) is 23.2 Å². The van der Waals surface area contributed by atoms with Crippen LogP contribution in [0.25, 0.3) is 0 Å². The molecule has 6 heteroatoms. The molecule has 1 amide bonds. The van der Waals surface area contributed by atoms with Crippen molar-refractivity contribution in [2.24, 2.45) is 0 Å². The number of benzene rings is 1. The maximum absolute atomic E-state index is 13.9. The molecule has 2 rings (SSSR count). The molecule has 116 valence electrons. The second-order valence-corrected chi connectivity index (χ2v) is 5.32. The van der Waals surface area contributed by atoms with E-state index in [1.54, 1.807) is 7.05 Å². The monoisotopic (exact) mass is 297 g/mol. The zero-order chi connectivity index (χ0) is 15.5. The Morgan fingerprint density at radius 1 is 1.48 bits per heavy atom. The molecule has 1 heterocycles. The first kappa shape index (κ1) is 15.7. The Bertz CT molecular complexity index is 514. The number of likely N-dealkylation sites (N-methyl/N-ethyl adjacent to an activating group) is 1. The maximum Gasteiger partial charge on any atom is 0.260 e. The molecule has 0 unspecified atom stereocenters. The number of carbonyl (C=O) groups is 1. The van der Waals surface area contributed by atoms with E-state index in [1.165, 1.54) is 30.2 Å². The fourth-order valence-corrected chi connectivity index (χ4v) is 2.50. The Kier molecular flexibility index (Phi) is 4.80. The lowest BCUT2D eigenvalue weighted by Crippen LogP contribution is -2.47. The summed E-state index contributed by atoms with van der Waals surface area (Å²) in [6.07, 6.45) is 0.915. The van der Waals surface area contributed by atoms with Crippen molar-refractivity contribution < 1.29 is 23.8 Å². The molecule has 0 spiro atoms. The van der Waals surface area contributed by atoms with Crippen molar-refractivity contribution in [3.8, 4) is 5.75 Å². The third-order valence-corrected chi connectivity index (χ3v) is 3.71. The number of amides is 1. The number of carbonyl (C=O) groups excluding carboxylic acids is 1. The summed E-state index contributed by atoms with van der Waals surface area (Å²) >= 11 is 0. The van der Waals surface area contributed by atoms with Crippen LogP contribution >= 0.6 is 0 Å². The standard InChI is InChI=1S/C15H20FNO4/c1-17(10-15(19)6-8-21-9-7-15)14(18)13-11(16)4-3-5-12(13)20-2/h3-5,19H,6-10H2,1-2H3. The first-order valence-electron chi connectivity index (χ1n) is 6.85. The van der Waals surface area contributed by atoms with E-state index in [1.807, 2.05) is 0 Å². The molecule has 0 atom stereocenters. The normalized spacial score (nSPS) is 17.3. The average Bonchev–Trinajstić information content (AvgIpc) is 2.46. The third-order valence-electron chi connectivity index (χ3n) is 3.71. The Morgan fingerprint density at radius 3 is 2.76 bits per heavy atom. The van der Waals surface area contributed by atoms with Crippen LogP contribution in [0.3, 0.4) is 0 Å². The van der Waals surface area contributed by atoms with Gasteiger partial charge in [-0.05, 0) is 12.1 Å². The molecule has 0 bridgehead atoms. The van der Waals surface area contributed by atoms with Crippen LogP contribution < -0.4 is 4.74 Å². The molecular formula is C15H20FNO4. The van der Waals surface area contributed by atoms with Gasteiger partial charge in [0, 0.05) is 39.6 Å². The molecule has 1 saturated heterocycles. The van der Waals surface area contributed by atoms with Gasteiger partial charge >= 0.3 is 0 Å². The van der Waals surface area contributed by atoms with E-state index < -0.39 is 17.3 Å². The SMILES string of the molecule is COc1cccc(F)c1C(=O)N(C)CC1(O)CCOCC1. The predicted octanol–water partition coefficient (Wildman–Crippen LogP) is 1.45. The zero-order valence-corrected chi connectivity index (χ0v) is 12.3. The number of nitrogens with zero attached hydrogens (tertiary/aromatic N) is 1. The van der Waals surface area contributed by atoms with E-state index in [9.17, 15) is 14.3 Å². The third kappa shape index (κ3) is 3.51. The van der Waals surface area contributed by atoms with Gasteiger partial charge in [-0.1, -0.05) is 6.07 Å². The van der Waals surface area contributed by atoms with Crippen LogP contribution in [0.4, 0.5) is 4.39 Å². The summed E-state index contributed by atoms with van der Waals surface area (Å²) in [4.78, 5) is 13.8. The minimum absolute atomic E-state index is 0.113. The van der Waals surface area contributed by atoms with Crippen LogP contribution in [-0.4, -0.2) is 55.4 Å². The predicted molar refractivity (Wildman–Crippen MR) is 74.9 cm³/mol. The van der Waals surface area contributed by atoms with Crippen molar-refractivity contribution in [2.75, 3.05) is 33.9 Å². The molecule has 1 aromatic rings. The maximum atomic E-state index is 13.9. The first-order valence-corrected chi connectivity index (χ1v) is 6.85. The highest BCUT2D eigenvalue weighted by Gasteiger charge is 2.33. The molecule has 21 heavy (non-hydrogen) atoms. The molecule has 5 nitrogen and oxygen atoms in total. The van der Waals surface area contributed by atoms with Gasteiger partial charge in [-0.15, -0.1) is 0 Å². The van der Waals surface area contributed by atoms with Crippen molar-refractivity contribution in [3.05, 3.63) is 29.6 Å². The highest BCUT2D eigenvalue weighted by Crippen LogP contribution is 2.25. The van der Waals surface area contributed by atoms with Crippen molar-refractivity contribution in [1.82, 2.24) is 4.90 Å². The lowest BCUT2D eigenvalue weighted by atomic mass is 9.93. The second kappa shape index (κ2) is 6.41. The van der Waals surface area contributed by atoms with Gasteiger partial charge in [-0.2, -0.15) is 0 Å². The molecule has 1 aliphatic rings. The second-order valence-electron chi connectivity index (χ2n) is 5.32. The summed E-state index contributed by atoms with van der Waals surface area (Å²) in [6, 6.07) is 4.23. The van der Waals surface area contributed by atoms with Crippen LogP contribution in [0.15, 0.2) is 18.2 Å². The molecule has 1 N–H and O–H groups in total. The summed E-state index contributed by atoms with van der Waals surface area (Å²) in [5.41, 5.74) is -1.10. The minimum atomic E-state index is -0.985. The summed E-state index contributed by atoms with van der Waals surface area (Å²) in [6.45, 7) is 1.05. The van der Waals surface area contributed by atoms with Crippen LogP contribution in [0, 0.1) is 5.82 Å². The van der Waals surface area contributed by atoms with Gasteiger partial charge < -0.3 is 19.5 Å². The smallest absolute Gasteiger partial charge is 0.260 e. The van der Waals surface area contributed by atoms with Crippen LogP contribution in [0.2, 0.25) is 0 Å². The molecule has 1 aliphatic heterocycles. The number of aliphatic hydroxyl groups is 1.